The molecule has 2 rings (SSSR count). The minimum atomic E-state index is 0. The van der Waals surface area contributed by atoms with Crippen molar-refractivity contribution in [2.75, 3.05) is 0 Å². The molecule has 90 valence electrons. The van der Waals surface area contributed by atoms with Gasteiger partial charge in [-0.25, -0.2) is 12.1 Å². The number of aryl methyl sites for hydroxylation is 2. The van der Waals surface area contributed by atoms with E-state index in [9.17, 15) is 0 Å². The Bertz CT molecular complexity index is 327. The molecular weight excluding hydrogens is 239 g/mol. The van der Waals surface area contributed by atoms with Gasteiger partial charge < -0.3 is 7.43 Å². The van der Waals surface area contributed by atoms with Crippen molar-refractivity contribution in [1.29, 1.82) is 0 Å². The van der Waals surface area contributed by atoms with Crippen LogP contribution in [0.25, 0.3) is 0 Å². The van der Waals surface area contributed by atoms with Crippen LogP contribution in [0.2, 0.25) is 0 Å². The van der Waals surface area contributed by atoms with E-state index >= 15 is 0 Å². The van der Waals surface area contributed by atoms with Gasteiger partial charge in [-0.3, -0.25) is 0 Å². The van der Waals surface area contributed by atoms with Crippen LogP contribution in [0.5, 0.6) is 0 Å². The van der Waals surface area contributed by atoms with Crippen LogP contribution in [0.15, 0.2) is 36.4 Å². The molecule has 0 fully saturated rings. The molecule has 2 aromatic carbocycles. The molecule has 0 aliphatic rings. The second kappa shape index (κ2) is 8.37. The first-order valence-corrected chi connectivity index (χ1v) is 4.99. The average Bonchev–Trinajstić information content (AvgIpc) is 2.78. The van der Waals surface area contributed by atoms with E-state index in [1.165, 1.54) is 22.3 Å². The number of rotatable bonds is 0. The van der Waals surface area contributed by atoms with Gasteiger partial charge in [-0.2, -0.15) is 46.5 Å². The second-order valence-electron chi connectivity index (χ2n) is 3.72. The molecule has 0 radical (unpaired) electrons. The minimum absolute atomic E-state index is 0. The number of hydrogen-bond donors (Lipinski definition) is 0. The van der Waals surface area contributed by atoms with Gasteiger partial charge in [0.2, 0.25) is 0 Å². The quantitative estimate of drug-likeness (QED) is 0.612. The Balaban J connectivity index is 0. The van der Waals surface area contributed by atoms with Crippen LogP contribution in [-0.2, 0) is 16.8 Å². The Morgan fingerprint density at radius 1 is 1.06 bits per heavy atom. The van der Waals surface area contributed by atoms with Crippen LogP contribution in [0.3, 0.4) is 0 Å². The summed E-state index contributed by atoms with van der Waals surface area (Å²) in [4.78, 5) is 0. The van der Waals surface area contributed by atoms with Crippen LogP contribution in [0.4, 0.5) is 0 Å². The van der Waals surface area contributed by atoms with Crippen LogP contribution in [0, 0.1) is 35.1 Å². The van der Waals surface area contributed by atoms with Crippen LogP contribution < -0.4 is 0 Å². The monoisotopic (exact) mass is 260 g/mol. The van der Waals surface area contributed by atoms with Crippen molar-refractivity contribution in [2.45, 2.75) is 27.7 Å². The molecule has 0 bridgehead atoms. The Labute approximate surface area is 111 Å². The third kappa shape index (κ3) is 4.82. The normalized spacial score (nSPS) is 8.25. The molecule has 0 saturated heterocycles. The van der Waals surface area contributed by atoms with Crippen molar-refractivity contribution in [1.82, 2.24) is 0 Å². The fourth-order valence-electron chi connectivity index (χ4n) is 1.45. The first-order chi connectivity index (χ1) is 6.63. The summed E-state index contributed by atoms with van der Waals surface area (Å²) in [7, 11) is 0. The fourth-order valence-corrected chi connectivity index (χ4v) is 1.45. The molecule has 0 N–H and O–H groups in total. The van der Waals surface area contributed by atoms with Gasteiger partial charge in [0.1, 0.15) is 0 Å². The number of hydrogen-bond acceptors (Lipinski definition) is 0. The smallest absolute Gasteiger partial charge is 0.358 e. The molecule has 16 heavy (non-hydrogen) atoms. The maximum absolute atomic E-state index is 2.24. The van der Waals surface area contributed by atoms with Gasteiger partial charge in [0.15, 0.2) is 0 Å². The summed E-state index contributed by atoms with van der Waals surface area (Å²) < 4.78 is 0. The maximum Gasteiger partial charge on any atom is 3.00 e. The van der Waals surface area contributed by atoms with Crippen molar-refractivity contribution in [3.8, 4) is 0 Å². The molecule has 0 atom stereocenters. The molecule has 2 aromatic rings. The van der Waals surface area contributed by atoms with Gasteiger partial charge in [-0.05, 0) is 0 Å². The van der Waals surface area contributed by atoms with Gasteiger partial charge in [0, 0.05) is 0 Å². The molecule has 0 spiro atoms. The summed E-state index contributed by atoms with van der Waals surface area (Å²) >= 11 is 0. The zero-order chi connectivity index (χ0) is 10.6. The van der Waals surface area contributed by atoms with Gasteiger partial charge in [0.05, 0.1) is 0 Å². The molecule has 0 amide bonds. The molecule has 0 unspecified atom stereocenters. The van der Waals surface area contributed by atoms with E-state index < -0.39 is 0 Å². The van der Waals surface area contributed by atoms with Crippen LogP contribution in [0.1, 0.15) is 22.3 Å². The predicted octanol–water partition coefficient (Wildman–Crippen LogP) is 4.49. The van der Waals surface area contributed by atoms with Crippen molar-refractivity contribution in [2.24, 2.45) is 0 Å². The minimum Gasteiger partial charge on any atom is -0.358 e. The summed E-state index contributed by atoms with van der Waals surface area (Å²) in [6.07, 6.45) is 0. The Kier molecular flexibility index (Phi) is 9.20. The van der Waals surface area contributed by atoms with Crippen LogP contribution >= 0.6 is 0 Å². The van der Waals surface area contributed by atoms with E-state index in [1.807, 2.05) is 30.3 Å². The molecule has 0 saturated carbocycles. The second-order valence-corrected chi connectivity index (χ2v) is 3.72. The SMILES string of the molecule is Cc1c[c-](C)c(C)c1C.[CH3-].[Co+3].c1cc[cH-]c1. The summed E-state index contributed by atoms with van der Waals surface area (Å²) in [5, 5.41) is 0. The summed E-state index contributed by atoms with van der Waals surface area (Å²) in [6.45, 7) is 8.68. The van der Waals surface area contributed by atoms with E-state index in [1.54, 1.807) is 0 Å². The van der Waals surface area contributed by atoms with Gasteiger partial charge >= 0.3 is 16.8 Å². The first kappa shape index (κ1) is 17.6. The van der Waals surface area contributed by atoms with E-state index in [2.05, 4.69) is 33.8 Å². The Morgan fingerprint density at radius 2 is 1.56 bits per heavy atom. The molecule has 0 aromatic heterocycles. The van der Waals surface area contributed by atoms with Gasteiger partial charge in [-0.1, -0.05) is 27.7 Å². The largest absolute Gasteiger partial charge is 3.00 e. The Hall–Kier alpha value is -0.794. The molecule has 1 heteroatoms. The van der Waals surface area contributed by atoms with Gasteiger partial charge in [-0.15, -0.1) is 0 Å². The fraction of sp³-hybridized carbons (Fsp3) is 0.267. The summed E-state index contributed by atoms with van der Waals surface area (Å²) in [5.41, 5.74) is 5.75. The van der Waals surface area contributed by atoms with E-state index in [-0.39, 0.29) is 24.2 Å². The van der Waals surface area contributed by atoms with E-state index in [4.69, 9.17) is 0 Å². The third-order valence-electron chi connectivity index (χ3n) is 2.73. The van der Waals surface area contributed by atoms with Crippen LogP contribution in [-0.4, -0.2) is 0 Å². The predicted molar refractivity (Wildman–Crippen MR) is 69.4 cm³/mol. The van der Waals surface area contributed by atoms with E-state index in [0.29, 0.717) is 0 Å². The van der Waals surface area contributed by atoms with Crippen molar-refractivity contribution in [3.05, 3.63) is 66.1 Å². The molecule has 0 aliphatic carbocycles. The van der Waals surface area contributed by atoms with Gasteiger partial charge in [0.25, 0.3) is 0 Å². The standard InChI is InChI=1S/C9H13.C5H5.CH3.Co/c1-6-5-7(2)9(4)8(6)3;1-2-4-5-3-1;;/h5H,1-4H3;1-5H;1H3;/q3*-1;+3. The van der Waals surface area contributed by atoms with E-state index in [0.717, 1.165) is 0 Å². The van der Waals surface area contributed by atoms with Crippen molar-refractivity contribution in [3.63, 3.8) is 0 Å². The zero-order valence-corrected chi connectivity index (χ0v) is 11.8. The van der Waals surface area contributed by atoms with Crippen molar-refractivity contribution < 1.29 is 16.8 Å². The average molecular weight is 260 g/mol. The molecular formula is C15H21Co. The molecule has 0 heterocycles. The van der Waals surface area contributed by atoms with Crippen molar-refractivity contribution >= 4 is 0 Å². The summed E-state index contributed by atoms with van der Waals surface area (Å²) in [5.74, 6) is 0. The molecule has 0 nitrogen and oxygen atoms in total. The zero-order valence-electron chi connectivity index (χ0n) is 10.8. The maximum atomic E-state index is 2.24. The third-order valence-corrected chi connectivity index (χ3v) is 2.73. The topological polar surface area (TPSA) is 0 Å². The first-order valence-electron chi connectivity index (χ1n) is 4.99. The summed E-state index contributed by atoms with van der Waals surface area (Å²) in [6, 6.07) is 12.2. The Morgan fingerprint density at radius 3 is 1.69 bits per heavy atom. The molecule has 0 aliphatic heterocycles.